The molecular weight excluding hydrogens is 224 g/mol. The molecule has 1 aromatic heterocycles. The molecule has 0 aliphatic carbocycles. The largest absolute Gasteiger partial charge is 0.367 e. The molecule has 0 aromatic carbocycles. The van der Waals surface area contributed by atoms with Gasteiger partial charge in [-0.2, -0.15) is 9.36 Å². The van der Waals surface area contributed by atoms with E-state index in [9.17, 15) is 0 Å². The number of anilines is 2. The summed E-state index contributed by atoms with van der Waals surface area (Å²) in [5.74, 6) is 0.349. The van der Waals surface area contributed by atoms with Crippen molar-refractivity contribution in [3.8, 4) is 0 Å². The summed E-state index contributed by atoms with van der Waals surface area (Å²) in [6, 6.07) is 0. The van der Waals surface area contributed by atoms with Crippen LogP contribution in [0.5, 0.6) is 0 Å². The van der Waals surface area contributed by atoms with Gasteiger partial charge in [-0.1, -0.05) is 0 Å². The van der Waals surface area contributed by atoms with E-state index in [-0.39, 0.29) is 11.2 Å². The van der Waals surface area contributed by atoms with E-state index in [1.807, 2.05) is 0 Å². The van der Waals surface area contributed by atoms with Crippen LogP contribution in [0, 0.1) is 0 Å². The molecule has 90 valence electrons. The minimum absolute atomic E-state index is 0.178. The van der Waals surface area contributed by atoms with E-state index in [4.69, 9.17) is 10.5 Å². The molecule has 2 heterocycles. The predicted molar refractivity (Wildman–Crippen MR) is 65.8 cm³/mol. The van der Waals surface area contributed by atoms with Crippen molar-refractivity contribution in [3.05, 3.63) is 0 Å². The third kappa shape index (κ3) is 2.44. The second kappa shape index (κ2) is 3.56. The van der Waals surface area contributed by atoms with Gasteiger partial charge in [-0.25, -0.2) is 0 Å². The van der Waals surface area contributed by atoms with Crippen LogP contribution >= 0.6 is 11.5 Å². The van der Waals surface area contributed by atoms with Gasteiger partial charge in [-0.3, -0.25) is 0 Å². The Morgan fingerprint density at radius 1 is 1.25 bits per heavy atom. The van der Waals surface area contributed by atoms with Gasteiger partial charge in [0.1, 0.15) is 0 Å². The number of nitrogens with zero attached hydrogens (tertiary/aromatic N) is 3. The summed E-state index contributed by atoms with van der Waals surface area (Å²) in [5.41, 5.74) is 5.19. The highest BCUT2D eigenvalue weighted by Crippen LogP contribution is 2.32. The highest BCUT2D eigenvalue weighted by Gasteiger charge is 2.39. The molecule has 2 N–H and O–H groups in total. The van der Waals surface area contributed by atoms with Crippen LogP contribution < -0.4 is 10.6 Å². The van der Waals surface area contributed by atoms with Gasteiger partial charge in [0.2, 0.25) is 11.1 Å². The summed E-state index contributed by atoms with van der Waals surface area (Å²) in [4.78, 5) is 6.41. The Morgan fingerprint density at radius 2 is 1.81 bits per heavy atom. The van der Waals surface area contributed by atoms with Gasteiger partial charge in [0.15, 0.2) is 0 Å². The smallest absolute Gasteiger partial charge is 0.233 e. The SMILES string of the molecule is CC1(C)CN(c2nc(N)ns2)CC(C)(C)O1. The number of aromatic nitrogens is 2. The number of ether oxygens (including phenoxy) is 1. The van der Waals surface area contributed by atoms with Crippen LogP contribution in [0.15, 0.2) is 0 Å². The number of nitrogens with two attached hydrogens (primary N) is 1. The van der Waals surface area contributed by atoms with Crippen LogP contribution in [0.4, 0.5) is 11.1 Å². The Bertz CT molecular complexity index is 372. The zero-order valence-corrected chi connectivity index (χ0v) is 11.0. The zero-order valence-electron chi connectivity index (χ0n) is 10.1. The molecule has 1 saturated heterocycles. The molecule has 0 bridgehead atoms. The van der Waals surface area contributed by atoms with Crippen LogP contribution in [-0.2, 0) is 4.74 Å². The van der Waals surface area contributed by atoms with Crippen molar-refractivity contribution in [2.24, 2.45) is 0 Å². The average Bonchev–Trinajstić information content (AvgIpc) is 2.45. The normalized spacial score (nSPS) is 23.4. The van der Waals surface area contributed by atoms with Crippen LogP contribution in [0.2, 0.25) is 0 Å². The number of nitrogen functional groups attached to an aromatic ring is 1. The lowest BCUT2D eigenvalue weighted by Gasteiger charge is -2.46. The fourth-order valence-corrected chi connectivity index (χ4v) is 2.87. The van der Waals surface area contributed by atoms with E-state index < -0.39 is 0 Å². The molecule has 1 aliphatic rings. The predicted octanol–water partition coefficient (Wildman–Crippen LogP) is 1.51. The molecule has 0 unspecified atom stereocenters. The highest BCUT2D eigenvalue weighted by molar-refractivity contribution is 7.09. The molecule has 0 radical (unpaired) electrons. The van der Waals surface area contributed by atoms with Gasteiger partial charge < -0.3 is 15.4 Å². The van der Waals surface area contributed by atoms with Gasteiger partial charge in [0, 0.05) is 24.6 Å². The lowest BCUT2D eigenvalue weighted by molar-refractivity contribution is -0.133. The van der Waals surface area contributed by atoms with Gasteiger partial charge in [0.25, 0.3) is 0 Å². The van der Waals surface area contributed by atoms with Crippen molar-refractivity contribution in [2.45, 2.75) is 38.9 Å². The maximum absolute atomic E-state index is 6.00. The standard InChI is InChI=1S/C10H18N4OS/c1-9(2)5-14(6-10(3,4)15-9)8-12-7(11)13-16-8/h5-6H2,1-4H3,(H2,11,13). The summed E-state index contributed by atoms with van der Waals surface area (Å²) in [6.07, 6.45) is 0. The first kappa shape index (κ1) is 11.6. The summed E-state index contributed by atoms with van der Waals surface area (Å²) < 4.78 is 10.0. The van der Waals surface area contributed by atoms with Crippen molar-refractivity contribution >= 4 is 22.6 Å². The Balaban J connectivity index is 2.22. The Morgan fingerprint density at radius 3 is 2.25 bits per heavy atom. The minimum atomic E-state index is -0.178. The van der Waals surface area contributed by atoms with E-state index in [1.165, 1.54) is 11.5 Å². The first-order valence-electron chi connectivity index (χ1n) is 5.32. The topological polar surface area (TPSA) is 64.3 Å². The van der Waals surface area contributed by atoms with Crippen LogP contribution in [0.1, 0.15) is 27.7 Å². The molecule has 16 heavy (non-hydrogen) atoms. The second-order valence-corrected chi connectivity index (χ2v) is 6.14. The zero-order chi connectivity index (χ0) is 12.0. The number of hydrogen-bond donors (Lipinski definition) is 1. The van der Waals surface area contributed by atoms with E-state index in [0.717, 1.165) is 18.2 Å². The molecule has 0 atom stereocenters. The molecule has 2 rings (SSSR count). The third-order valence-electron chi connectivity index (χ3n) is 2.40. The Kier molecular flexibility index (Phi) is 2.58. The van der Waals surface area contributed by atoms with E-state index >= 15 is 0 Å². The van der Waals surface area contributed by atoms with Crippen molar-refractivity contribution in [2.75, 3.05) is 23.7 Å². The number of rotatable bonds is 1. The average molecular weight is 242 g/mol. The maximum atomic E-state index is 6.00. The molecule has 0 spiro atoms. The van der Waals surface area contributed by atoms with Gasteiger partial charge in [-0.05, 0) is 27.7 Å². The van der Waals surface area contributed by atoms with Crippen LogP contribution in [-0.4, -0.2) is 33.6 Å². The van der Waals surface area contributed by atoms with Gasteiger partial charge in [-0.15, -0.1) is 0 Å². The van der Waals surface area contributed by atoms with Gasteiger partial charge in [0.05, 0.1) is 11.2 Å². The van der Waals surface area contributed by atoms with Crippen LogP contribution in [0.25, 0.3) is 0 Å². The molecule has 0 amide bonds. The van der Waals surface area contributed by atoms with Crippen molar-refractivity contribution in [1.29, 1.82) is 0 Å². The third-order valence-corrected chi connectivity index (χ3v) is 3.19. The molecule has 0 saturated carbocycles. The summed E-state index contributed by atoms with van der Waals surface area (Å²) in [6.45, 7) is 9.98. The van der Waals surface area contributed by atoms with E-state index in [0.29, 0.717) is 5.95 Å². The number of morpholine rings is 1. The lowest BCUT2D eigenvalue weighted by Crippen LogP contribution is -2.57. The molecule has 6 heteroatoms. The molecule has 5 nitrogen and oxygen atoms in total. The van der Waals surface area contributed by atoms with Crippen molar-refractivity contribution < 1.29 is 4.74 Å². The first-order valence-corrected chi connectivity index (χ1v) is 6.09. The number of hydrogen-bond acceptors (Lipinski definition) is 6. The molecule has 1 aromatic rings. The van der Waals surface area contributed by atoms with E-state index in [2.05, 4.69) is 42.0 Å². The highest BCUT2D eigenvalue weighted by atomic mass is 32.1. The fraction of sp³-hybridized carbons (Fsp3) is 0.800. The maximum Gasteiger partial charge on any atom is 0.233 e. The van der Waals surface area contributed by atoms with Crippen LogP contribution in [0.3, 0.4) is 0 Å². The quantitative estimate of drug-likeness (QED) is 0.808. The summed E-state index contributed by atoms with van der Waals surface area (Å²) in [7, 11) is 0. The summed E-state index contributed by atoms with van der Waals surface area (Å²) >= 11 is 1.34. The van der Waals surface area contributed by atoms with E-state index in [1.54, 1.807) is 0 Å². The summed E-state index contributed by atoms with van der Waals surface area (Å²) in [5, 5.41) is 0.877. The van der Waals surface area contributed by atoms with Crippen molar-refractivity contribution in [1.82, 2.24) is 9.36 Å². The minimum Gasteiger partial charge on any atom is -0.367 e. The molecular formula is C10H18N4OS. The lowest BCUT2D eigenvalue weighted by atomic mass is 9.99. The van der Waals surface area contributed by atoms with Gasteiger partial charge >= 0.3 is 0 Å². The second-order valence-electron chi connectivity index (χ2n) is 5.41. The molecule has 1 aliphatic heterocycles. The fourth-order valence-electron chi connectivity index (χ4n) is 2.28. The Hall–Kier alpha value is -0.880. The monoisotopic (exact) mass is 242 g/mol. The Labute approximate surface area is 99.8 Å². The molecule has 1 fully saturated rings. The van der Waals surface area contributed by atoms with Crippen molar-refractivity contribution in [3.63, 3.8) is 0 Å². The first-order chi connectivity index (χ1) is 7.27.